The van der Waals surface area contributed by atoms with Crippen molar-refractivity contribution >= 4 is 49.4 Å². The number of fused-ring (bicyclic) bond motifs is 7. The molecule has 10 aromatic rings. The Morgan fingerprint density at radius 2 is 0.828 bits per heavy atom. The summed E-state index contributed by atoms with van der Waals surface area (Å²) in [6.45, 7) is 4.77. The van der Waals surface area contributed by atoms with E-state index in [9.17, 15) is 0 Å². The standard InChI is InChI=1S/C57H41N/c1-57(2)54-36-41(38-25-27-40(28-26-38)53-35-42-17-9-10-20-45(42)47-21-11-12-23-49(47)53)29-31-50(54)51-32-30-44(37-55(51)57)58(43-18-7-4-8-19-43)56-34-33-46(39-15-5-3-6-16-39)48-22-13-14-24-52(48)56/h3-37H,1-2H3. The summed E-state index contributed by atoms with van der Waals surface area (Å²) in [5, 5.41) is 7.61. The molecule has 1 aliphatic carbocycles. The molecule has 0 heterocycles. The van der Waals surface area contributed by atoms with Crippen LogP contribution < -0.4 is 4.90 Å². The van der Waals surface area contributed by atoms with Crippen molar-refractivity contribution in [1.82, 2.24) is 0 Å². The first-order valence-electron chi connectivity index (χ1n) is 20.3. The molecule has 58 heavy (non-hydrogen) atoms. The van der Waals surface area contributed by atoms with Gasteiger partial charge in [-0.1, -0.05) is 184 Å². The lowest BCUT2D eigenvalue weighted by Crippen LogP contribution is -2.17. The summed E-state index contributed by atoms with van der Waals surface area (Å²) in [7, 11) is 0. The summed E-state index contributed by atoms with van der Waals surface area (Å²) in [4.78, 5) is 2.43. The van der Waals surface area contributed by atoms with Crippen molar-refractivity contribution in [3.8, 4) is 44.5 Å². The van der Waals surface area contributed by atoms with Crippen LogP contribution in [0.2, 0.25) is 0 Å². The predicted molar refractivity (Wildman–Crippen MR) is 248 cm³/mol. The molecule has 0 N–H and O–H groups in total. The van der Waals surface area contributed by atoms with E-state index in [-0.39, 0.29) is 5.41 Å². The molecule has 0 spiro atoms. The largest absolute Gasteiger partial charge is 0.310 e. The highest BCUT2D eigenvalue weighted by Crippen LogP contribution is 2.52. The number of hydrogen-bond donors (Lipinski definition) is 0. The van der Waals surface area contributed by atoms with Gasteiger partial charge >= 0.3 is 0 Å². The van der Waals surface area contributed by atoms with Crippen molar-refractivity contribution in [2.75, 3.05) is 4.90 Å². The van der Waals surface area contributed by atoms with E-state index in [4.69, 9.17) is 0 Å². The number of benzene rings is 10. The summed E-state index contributed by atoms with van der Waals surface area (Å²) >= 11 is 0. The monoisotopic (exact) mass is 739 g/mol. The van der Waals surface area contributed by atoms with Crippen molar-refractivity contribution in [3.63, 3.8) is 0 Å². The molecule has 1 nitrogen and oxygen atoms in total. The maximum Gasteiger partial charge on any atom is 0.0540 e. The number of nitrogens with zero attached hydrogens (tertiary/aromatic N) is 1. The van der Waals surface area contributed by atoms with Crippen LogP contribution in [0.3, 0.4) is 0 Å². The van der Waals surface area contributed by atoms with Crippen LogP contribution in [-0.4, -0.2) is 0 Å². The van der Waals surface area contributed by atoms with Crippen LogP contribution in [0.5, 0.6) is 0 Å². The third kappa shape index (κ3) is 5.46. The molecule has 0 aromatic heterocycles. The van der Waals surface area contributed by atoms with E-state index >= 15 is 0 Å². The lowest BCUT2D eigenvalue weighted by atomic mass is 9.81. The van der Waals surface area contributed by atoms with Crippen LogP contribution >= 0.6 is 0 Å². The Morgan fingerprint density at radius 3 is 1.57 bits per heavy atom. The molecule has 0 fully saturated rings. The summed E-state index contributed by atoms with van der Waals surface area (Å²) in [6.07, 6.45) is 0. The van der Waals surface area contributed by atoms with Crippen molar-refractivity contribution in [3.05, 3.63) is 223 Å². The first kappa shape index (κ1) is 34.1. The second-order valence-electron chi connectivity index (χ2n) is 16.1. The van der Waals surface area contributed by atoms with Gasteiger partial charge in [-0.3, -0.25) is 0 Å². The van der Waals surface area contributed by atoms with E-state index in [1.54, 1.807) is 0 Å². The molecule has 0 unspecified atom stereocenters. The van der Waals surface area contributed by atoms with Crippen LogP contribution in [0.15, 0.2) is 212 Å². The van der Waals surface area contributed by atoms with Gasteiger partial charge in [0.05, 0.1) is 5.69 Å². The minimum absolute atomic E-state index is 0.192. The normalized spacial score (nSPS) is 12.8. The Bertz CT molecular complexity index is 3180. The van der Waals surface area contributed by atoms with E-state index in [0.29, 0.717) is 0 Å². The van der Waals surface area contributed by atoms with Gasteiger partial charge in [0.25, 0.3) is 0 Å². The molecular weight excluding hydrogens is 699 g/mol. The number of hydrogen-bond acceptors (Lipinski definition) is 1. The lowest BCUT2D eigenvalue weighted by molar-refractivity contribution is 0.660. The molecule has 1 heteroatoms. The smallest absolute Gasteiger partial charge is 0.0540 e. The van der Waals surface area contributed by atoms with Crippen LogP contribution in [0.4, 0.5) is 17.1 Å². The molecule has 10 aromatic carbocycles. The summed E-state index contributed by atoms with van der Waals surface area (Å²) < 4.78 is 0. The molecular formula is C57H41N. The third-order valence-corrected chi connectivity index (χ3v) is 12.5. The van der Waals surface area contributed by atoms with Gasteiger partial charge in [-0.2, -0.15) is 0 Å². The summed E-state index contributed by atoms with van der Waals surface area (Å²) in [5.74, 6) is 0. The van der Waals surface area contributed by atoms with E-state index in [1.165, 1.54) is 88.0 Å². The molecule has 0 bridgehead atoms. The quantitative estimate of drug-likeness (QED) is 0.154. The molecule has 11 rings (SSSR count). The number of para-hydroxylation sites is 1. The Labute approximate surface area is 340 Å². The van der Waals surface area contributed by atoms with Crippen molar-refractivity contribution in [1.29, 1.82) is 0 Å². The minimum atomic E-state index is -0.192. The number of rotatable bonds is 6. The zero-order valence-corrected chi connectivity index (χ0v) is 32.7. The predicted octanol–water partition coefficient (Wildman–Crippen LogP) is 15.9. The molecule has 0 saturated heterocycles. The fraction of sp³-hybridized carbons (Fsp3) is 0.0526. The molecule has 274 valence electrons. The third-order valence-electron chi connectivity index (χ3n) is 12.5. The lowest BCUT2D eigenvalue weighted by Gasteiger charge is -2.29. The molecule has 0 aliphatic heterocycles. The van der Waals surface area contributed by atoms with Gasteiger partial charge in [-0.25, -0.2) is 0 Å². The van der Waals surface area contributed by atoms with Crippen molar-refractivity contribution in [2.45, 2.75) is 19.3 Å². The summed E-state index contributed by atoms with van der Waals surface area (Å²) in [6, 6.07) is 78.1. The van der Waals surface area contributed by atoms with Crippen LogP contribution in [0.25, 0.3) is 76.8 Å². The summed E-state index contributed by atoms with van der Waals surface area (Å²) in [5.41, 5.74) is 16.0. The Hall–Kier alpha value is -7.22. The molecule has 0 radical (unpaired) electrons. The van der Waals surface area contributed by atoms with Gasteiger partial charge in [0.1, 0.15) is 0 Å². The SMILES string of the molecule is CC1(C)c2cc(-c3ccc(-c4cc5ccccc5c5ccccc45)cc3)ccc2-c2ccc(N(c3ccccc3)c3ccc(-c4ccccc4)c4ccccc34)cc21. The maximum atomic E-state index is 2.44. The molecule has 0 amide bonds. The van der Waals surface area contributed by atoms with Crippen LogP contribution in [0.1, 0.15) is 25.0 Å². The second kappa shape index (κ2) is 13.5. The highest BCUT2D eigenvalue weighted by Gasteiger charge is 2.36. The fourth-order valence-electron chi connectivity index (χ4n) is 9.53. The first-order valence-corrected chi connectivity index (χ1v) is 20.3. The topological polar surface area (TPSA) is 3.24 Å². The highest BCUT2D eigenvalue weighted by atomic mass is 15.1. The Morgan fingerprint density at radius 1 is 0.310 bits per heavy atom. The van der Waals surface area contributed by atoms with Gasteiger partial charge in [0.2, 0.25) is 0 Å². The fourth-order valence-corrected chi connectivity index (χ4v) is 9.53. The van der Waals surface area contributed by atoms with E-state index in [0.717, 1.165) is 17.1 Å². The molecule has 0 atom stereocenters. The van der Waals surface area contributed by atoms with E-state index in [2.05, 4.69) is 231 Å². The zero-order valence-electron chi connectivity index (χ0n) is 32.7. The minimum Gasteiger partial charge on any atom is -0.310 e. The highest BCUT2D eigenvalue weighted by molar-refractivity contribution is 6.14. The van der Waals surface area contributed by atoms with Gasteiger partial charge in [-0.15, -0.1) is 0 Å². The Balaban J connectivity index is 0.974. The number of anilines is 3. The average molecular weight is 740 g/mol. The van der Waals surface area contributed by atoms with Gasteiger partial charge in [-0.05, 0) is 125 Å². The van der Waals surface area contributed by atoms with Gasteiger partial charge in [0.15, 0.2) is 0 Å². The molecule has 0 saturated carbocycles. The molecule has 1 aliphatic rings. The van der Waals surface area contributed by atoms with Crippen LogP contribution in [0, 0.1) is 0 Å². The van der Waals surface area contributed by atoms with E-state index < -0.39 is 0 Å². The average Bonchev–Trinajstić information content (AvgIpc) is 3.51. The van der Waals surface area contributed by atoms with E-state index in [1.807, 2.05) is 0 Å². The second-order valence-corrected chi connectivity index (χ2v) is 16.1. The first-order chi connectivity index (χ1) is 28.5. The van der Waals surface area contributed by atoms with Gasteiger partial charge in [0, 0.05) is 22.2 Å². The zero-order chi connectivity index (χ0) is 38.8. The maximum absolute atomic E-state index is 2.44. The van der Waals surface area contributed by atoms with Gasteiger partial charge < -0.3 is 4.90 Å². The van der Waals surface area contributed by atoms with Crippen LogP contribution in [-0.2, 0) is 5.41 Å². The van der Waals surface area contributed by atoms with Crippen molar-refractivity contribution in [2.24, 2.45) is 0 Å². The Kier molecular flexibility index (Phi) is 7.91. The van der Waals surface area contributed by atoms with Crippen molar-refractivity contribution < 1.29 is 0 Å².